The lowest BCUT2D eigenvalue weighted by atomic mass is 9.85. The summed E-state index contributed by atoms with van der Waals surface area (Å²) in [4.78, 5) is 2.58. The fourth-order valence-corrected chi connectivity index (χ4v) is 3.79. The van der Waals surface area contributed by atoms with Crippen molar-refractivity contribution < 1.29 is 5.11 Å². The standard InChI is InChI=1S/C17H25NO/c19-17-15-8-4-5-9-16(17)13-18(12-15)11-10-14-6-2-1-3-7-14/h1-3,6-7,15-17,19H,4-5,8-13H2. The van der Waals surface area contributed by atoms with Crippen molar-refractivity contribution in [1.82, 2.24) is 4.90 Å². The van der Waals surface area contributed by atoms with Crippen LogP contribution < -0.4 is 0 Å². The van der Waals surface area contributed by atoms with Gasteiger partial charge in [-0.2, -0.15) is 0 Å². The fourth-order valence-electron chi connectivity index (χ4n) is 3.79. The molecule has 1 saturated carbocycles. The van der Waals surface area contributed by atoms with E-state index in [0.717, 1.165) is 26.1 Å². The molecule has 1 aromatic rings. The van der Waals surface area contributed by atoms with Crippen LogP contribution in [0.25, 0.3) is 0 Å². The minimum absolute atomic E-state index is 0.0320. The van der Waals surface area contributed by atoms with Gasteiger partial charge in [-0.05, 0) is 36.7 Å². The first-order valence-corrected chi connectivity index (χ1v) is 7.77. The normalized spacial score (nSPS) is 31.9. The zero-order chi connectivity index (χ0) is 13.1. The van der Waals surface area contributed by atoms with Crippen molar-refractivity contribution in [1.29, 1.82) is 0 Å². The van der Waals surface area contributed by atoms with E-state index in [1.54, 1.807) is 0 Å². The Labute approximate surface area is 116 Å². The molecule has 1 heterocycles. The third-order valence-electron chi connectivity index (χ3n) is 4.91. The summed E-state index contributed by atoms with van der Waals surface area (Å²) in [5.41, 5.74) is 1.43. The first-order valence-electron chi connectivity index (χ1n) is 7.77. The highest BCUT2D eigenvalue weighted by Gasteiger charge is 2.36. The molecule has 2 heteroatoms. The molecular weight excluding hydrogens is 234 g/mol. The van der Waals surface area contributed by atoms with Crippen molar-refractivity contribution in [3.63, 3.8) is 0 Å². The second-order valence-electron chi connectivity index (χ2n) is 6.29. The van der Waals surface area contributed by atoms with Crippen molar-refractivity contribution in [3.05, 3.63) is 35.9 Å². The maximum atomic E-state index is 10.3. The minimum atomic E-state index is -0.0320. The lowest BCUT2D eigenvalue weighted by Gasteiger charge is -2.40. The second kappa shape index (κ2) is 6.06. The molecule has 3 rings (SSSR count). The largest absolute Gasteiger partial charge is 0.392 e. The average molecular weight is 259 g/mol. The van der Waals surface area contributed by atoms with Gasteiger partial charge in [0.1, 0.15) is 0 Å². The summed E-state index contributed by atoms with van der Waals surface area (Å²) in [7, 11) is 0. The third kappa shape index (κ3) is 3.18. The maximum Gasteiger partial charge on any atom is 0.0620 e. The molecule has 2 bridgehead atoms. The fraction of sp³-hybridized carbons (Fsp3) is 0.647. The molecule has 19 heavy (non-hydrogen) atoms. The summed E-state index contributed by atoms with van der Waals surface area (Å²) in [6, 6.07) is 10.7. The van der Waals surface area contributed by atoms with E-state index < -0.39 is 0 Å². The third-order valence-corrected chi connectivity index (χ3v) is 4.91. The van der Waals surface area contributed by atoms with Crippen LogP contribution in [0.1, 0.15) is 31.2 Å². The molecule has 2 fully saturated rings. The lowest BCUT2D eigenvalue weighted by Crippen LogP contribution is -2.48. The van der Waals surface area contributed by atoms with Gasteiger partial charge >= 0.3 is 0 Å². The van der Waals surface area contributed by atoms with Crippen LogP contribution in [-0.2, 0) is 6.42 Å². The Bertz CT molecular complexity index is 376. The number of aliphatic hydroxyl groups excluding tert-OH is 1. The zero-order valence-corrected chi connectivity index (χ0v) is 11.7. The van der Waals surface area contributed by atoms with E-state index in [2.05, 4.69) is 35.2 Å². The van der Waals surface area contributed by atoms with Gasteiger partial charge in [0.25, 0.3) is 0 Å². The number of rotatable bonds is 3. The quantitative estimate of drug-likeness (QED) is 0.902. The van der Waals surface area contributed by atoms with E-state index in [4.69, 9.17) is 0 Å². The Morgan fingerprint density at radius 2 is 1.63 bits per heavy atom. The van der Waals surface area contributed by atoms with Gasteiger partial charge < -0.3 is 10.0 Å². The summed E-state index contributed by atoms with van der Waals surface area (Å²) >= 11 is 0. The number of fused-ring (bicyclic) bond motifs is 2. The molecule has 2 aliphatic rings. The van der Waals surface area contributed by atoms with Gasteiger partial charge in [-0.1, -0.05) is 43.2 Å². The zero-order valence-electron chi connectivity index (χ0n) is 11.7. The molecule has 0 radical (unpaired) electrons. The van der Waals surface area contributed by atoms with Crippen molar-refractivity contribution >= 4 is 0 Å². The molecule has 1 aliphatic heterocycles. The second-order valence-corrected chi connectivity index (χ2v) is 6.29. The number of likely N-dealkylation sites (tertiary alicyclic amines) is 1. The number of nitrogens with zero attached hydrogens (tertiary/aromatic N) is 1. The van der Waals surface area contributed by atoms with Gasteiger partial charge in [0.15, 0.2) is 0 Å². The van der Waals surface area contributed by atoms with Crippen molar-refractivity contribution in [3.8, 4) is 0 Å². The number of hydrogen-bond acceptors (Lipinski definition) is 2. The molecule has 104 valence electrons. The number of hydrogen-bond donors (Lipinski definition) is 1. The molecule has 1 saturated heterocycles. The average Bonchev–Trinajstić information content (AvgIpc) is 2.56. The van der Waals surface area contributed by atoms with Gasteiger partial charge in [0, 0.05) is 19.6 Å². The Hall–Kier alpha value is -0.860. The van der Waals surface area contributed by atoms with E-state index in [9.17, 15) is 5.11 Å². The Morgan fingerprint density at radius 1 is 1.00 bits per heavy atom. The van der Waals surface area contributed by atoms with Crippen LogP contribution in [0.5, 0.6) is 0 Å². The highest BCUT2D eigenvalue weighted by molar-refractivity contribution is 5.14. The molecule has 2 unspecified atom stereocenters. The maximum absolute atomic E-state index is 10.3. The lowest BCUT2D eigenvalue weighted by molar-refractivity contribution is -0.0188. The summed E-state index contributed by atoms with van der Waals surface area (Å²) in [5.74, 6) is 1.05. The van der Waals surface area contributed by atoms with Crippen molar-refractivity contribution in [2.24, 2.45) is 11.8 Å². The molecule has 2 nitrogen and oxygen atoms in total. The molecular formula is C17H25NO. The molecule has 0 aromatic heterocycles. The van der Waals surface area contributed by atoms with Crippen molar-refractivity contribution in [2.45, 2.75) is 38.2 Å². The van der Waals surface area contributed by atoms with Gasteiger partial charge in [0.2, 0.25) is 0 Å². The van der Waals surface area contributed by atoms with Gasteiger partial charge in [-0.15, -0.1) is 0 Å². The minimum Gasteiger partial charge on any atom is -0.392 e. The Morgan fingerprint density at radius 3 is 2.26 bits per heavy atom. The topological polar surface area (TPSA) is 23.5 Å². The van der Waals surface area contributed by atoms with Gasteiger partial charge in [0.05, 0.1) is 6.10 Å². The van der Waals surface area contributed by atoms with E-state index in [-0.39, 0.29) is 6.10 Å². The van der Waals surface area contributed by atoms with Crippen LogP contribution in [0.15, 0.2) is 30.3 Å². The number of aliphatic hydroxyl groups is 1. The van der Waals surface area contributed by atoms with Gasteiger partial charge in [-0.25, -0.2) is 0 Å². The molecule has 0 amide bonds. The Balaban J connectivity index is 1.57. The smallest absolute Gasteiger partial charge is 0.0620 e. The highest BCUT2D eigenvalue weighted by Crippen LogP contribution is 2.33. The van der Waals surface area contributed by atoms with E-state index >= 15 is 0 Å². The Kier molecular flexibility index (Phi) is 4.19. The summed E-state index contributed by atoms with van der Waals surface area (Å²) in [5, 5.41) is 10.3. The van der Waals surface area contributed by atoms with Crippen LogP contribution in [0.2, 0.25) is 0 Å². The SMILES string of the molecule is OC1C2CCCCC1CN(CCc1ccccc1)C2. The van der Waals surface area contributed by atoms with Crippen molar-refractivity contribution in [2.75, 3.05) is 19.6 Å². The summed E-state index contributed by atoms with van der Waals surface area (Å²) in [6.07, 6.45) is 6.17. The predicted octanol–water partition coefficient (Wildman–Crippen LogP) is 2.71. The number of piperidine rings is 1. The molecule has 1 N–H and O–H groups in total. The van der Waals surface area contributed by atoms with Crippen LogP contribution in [0.3, 0.4) is 0 Å². The molecule has 1 aromatic carbocycles. The summed E-state index contributed by atoms with van der Waals surface area (Å²) in [6.45, 7) is 3.35. The van der Waals surface area contributed by atoms with Crippen LogP contribution >= 0.6 is 0 Å². The molecule has 1 aliphatic carbocycles. The van der Waals surface area contributed by atoms with E-state index in [1.165, 1.54) is 31.2 Å². The molecule has 2 atom stereocenters. The van der Waals surface area contributed by atoms with Crippen LogP contribution in [0, 0.1) is 11.8 Å². The monoisotopic (exact) mass is 259 g/mol. The van der Waals surface area contributed by atoms with E-state index in [1.807, 2.05) is 0 Å². The first kappa shape index (κ1) is 13.1. The summed E-state index contributed by atoms with van der Waals surface area (Å²) < 4.78 is 0. The van der Waals surface area contributed by atoms with E-state index in [0.29, 0.717) is 11.8 Å². The van der Waals surface area contributed by atoms with Crippen LogP contribution in [-0.4, -0.2) is 35.7 Å². The predicted molar refractivity (Wildman–Crippen MR) is 78.0 cm³/mol. The number of benzene rings is 1. The van der Waals surface area contributed by atoms with Crippen LogP contribution in [0.4, 0.5) is 0 Å². The van der Waals surface area contributed by atoms with Gasteiger partial charge in [-0.3, -0.25) is 0 Å². The highest BCUT2D eigenvalue weighted by atomic mass is 16.3. The first-order chi connectivity index (χ1) is 9.33. The molecule has 0 spiro atoms.